The summed E-state index contributed by atoms with van der Waals surface area (Å²) in [5.41, 5.74) is 5.77. The fourth-order valence-electron chi connectivity index (χ4n) is 6.39. The Kier molecular flexibility index (Phi) is 7.21. The van der Waals surface area contributed by atoms with E-state index < -0.39 is 5.60 Å². The number of aryl methyl sites for hydroxylation is 1. The van der Waals surface area contributed by atoms with Gasteiger partial charge in [0.05, 0.1) is 6.04 Å². The molecular weight excluding hydrogens is 502 g/mol. The first-order valence-corrected chi connectivity index (χ1v) is 14.6. The minimum absolute atomic E-state index is 0.195. The number of amides is 1. The van der Waals surface area contributed by atoms with E-state index in [1.165, 1.54) is 0 Å². The maximum absolute atomic E-state index is 12.5. The van der Waals surface area contributed by atoms with Gasteiger partial charge in [-0.1, -0.05) is 18.2 Å². The zero-order valence-corrected chi connectivity index (χ0v) is 23.8. The molecule has 3 aliphatic rings. The van der Waals surface area contributed by atoms with Gasteiger partial charge in [0.1, 0.15) is 11.3 Å². The summed E-state index contributed by atoms with van der Waals surface area (Å²) in [6, 6.07) is 11.1. The molecule has 40 heavy (non-hydrogen) atoms. The second-order valence-electron chi connectivity index (χ2n) is 12.4. The highest BCUT2D eigenvalue weighted by atomic mass is 16.6. The average molecular weight is 542 g/mol. The van der Waals surface area contributed by atoms with E-state index in [9.17, 15) is 9.59 Å². The predicted octanol–water partition coefficient (Wildman–Crippen LogP) is 5.78. The van der Waals surface area contributed by atoms with E-state index in [1.807, 2.05) is 56.3 Å². The summed E-state index contributed by atoms with van der Waals surface area (Å²) in [4.78, 5) is 33.3. The van der Waals surface area contributed by atoms with Crippen LogP contribution in [0.1, 0.15) is 74.8 Å². The number of carbonyl (C=O) groups excluding carboxylic acids is 2. The largest absolute Gasteiger partial charge is 0.444 e. The van der Waals surface area contributed by atoms with E-state index in [0.29, 0.717) is 18.5 Å². The average Bonchev–Trinajstić information content (AvgIpc) is 3.57. The third-order valence-corrected chi connectivity index (χ3v) is 8.53. The molecular formula is C32H39N5O3. The van der Waals surface area contributed by atoms with E-state index in [0.717, 1.165) is 91.8 Å². The van der Waals surface area contributed by atoms with Gasteiger partial charge in [-0.05, 0) is 76.1 Å². The zero-order valence-electron chi connectivity index (χ0n) is 23.8. The van der Waals surface area contributed by atoms with Crippen LogP contribution in [0.3, 0.4) is 0 Å². The molecule has 8 heteroatoms. The van der Waals surface area contributed by atoms with Crippen molar-refractivity contribution in [1.82, 2.24) is 24.6 Å². The van der Waals surface area contributed by atoms with E-state index >= 15 is 0 Å². The highest BCUT2D eigenvalue weighted by Gasteiger charge is 2.32. The summed E-state index contributed by atoms with van der Waals surface area (Å²) >= 11 is 0. The smallest absolute Gasteiger partial charge is 0.410 e. The van der Waals surface area contributed by atoms with Gasteiger partial charge in [-0.25, -0.2) is 4.79 Å². The van der Waals surface area contributed by atoms with Crippen LogP contribution in [0.2, 0.25) is 0 Å². The maximum atomic E-state index is 12.5. The molecule has 1 amide bonds. The quantitative estimate of drug-likeness (QED) is 0.417. The van der Waals surface area contributed by atoms with Crippen molar-refractivity contribution >= 4 is 11.9 Å². The molecule has 0 atom stereocenters. The maximum Gasteiger partial charge on any atom is 0.410 e. The molecule has 210 valence electrons. The molecule has 2 fully saturated rings. The minimum atomic E-state index is -0.459. The van der Waals surface area contributed by atoms with Crippen molar-refractivity contribution in [3.8, 4) is 22.4 Å². The number of likely N-dealkylation sites (tertiary alicyclic amines) is 2. The van der Waals surface area contributed by atoms with Crippen LogP contribution in [0.5, 0.6) is 0 Å². The van der Waals surface area contributed by atoms with Gasteiger partial charge in [-0.15, -0.1) is 0 Å². The molecule has 0 N–H and O–H groups in total. The van der Waals surface area contributed by atoms with Crippen molar-refractivity contribution in [3.05, 3.63) is 60.0 Å². The van der Waals surface area contributed by atoms with Gasteiger partial charge in [0, 0.05) is 73.9 Å². The number of rotatable bonds is 4. The van der Waals surface area contributed by atoms with Gasteiger partial charge in [0.25, 0.3) is 0 Å². The van der Waals surface area contributed by atoms with E-state index in [2.05, 4.69) is 32.9 Å². The Bertz CT molecular complexity index is 1380. The number of hydrogen-bond acceptors (Lipinski definition) is 6. The Morgan fingerprint density at radius 2 is 1.57 bits per heavy atom. The van der Waals surface area contributed by atoms with Crippen molar-refractivity contribution in [1.29, 1.82) is 0 Å². The number of ether oxygens (including phenoxy) is 1. The molecule has 2 aliphatic heterocycles. The van der Waals surface area contributed by atoms with Gasteiger partial charge in [-0.2, -0.15) is 5.10 Å². The number of benzene rings is 1. The molecule has 1 aromatic carbocycles. The van der Waals surface area contributed by atoms with Gasteiger partial charge < -0.3 is 14.5 Å². The summed E-state index contributed by atoms with van der Waals surface area (Å²) < 4.78 is 7.74. The number of pyridine rings is 1. The number of Topliss-reactive ketones (excluding diaryl/α,β-unsaturated/α-hetero) is 1. The van der Waals surface area contributed by atoms with Crippen molar-refractivity contribution in [2.45, 2.75) is 77.0 Å². The standard InChI is InChI=1S/C32H39N5O3/c1-32(2,3)40-31(39)36-18-10-25(11-19-36)35-16-12-26(13-17-35)37-21-28(30(34-37)22-8-14-33-15-9-22)24-4-6-27-23(20-24)5-7-29(27)38/h4,6,8-9,14-15,20-21,25-26H,5,7,10-13,16-19H2,1-3H3. The van der Waals surface area contributed by atoms with Crippen molar-refractivity contribution in [2.75, 3.05) is 26.2 Å². The van der Waals surface area contributed by atoms with Crippen molar-refractivity contribution in [3.63, 3.8) is 0 Å². The number of nitrogens with zero attached hydrogens (tertiary/aromatic N) is 5. The van der Waals surface area contributed by atoms with Crippen LogP contribution >= 0.6 is 0 Å². The second kappa shape index (κ2) is 10.8. The first-order valence-electron chi connectivity index (χ1n) is 14.6. The summed E-state index contributed by atoms with van der Waals surface area (Å²) in [5.74, 6) is 0.244. The van der Waals surface area contributed by atoms with Gasteiger partial charge in [0.15, 0.2) is 5.78 Å². The monoisotopic (exact) mass is 541 g/mol. The van der Waals surface area contributed by atoms with E-state index in [-0.39, 0.29) is 11.9 Å². The van der Waals surface area contributed by atoms with Crippen LogP contribution in [-0.4, -0.2) is 74.3 Å². The molecule has 0 bridgehead atoms. The van der Waals surface area contributed by atoms with Crippen LogP contribution in [0.4, 0.5) is 4.79 Å². The summed E-state index contributed by atoms with van der Waals surface area (Å²) in [5, 5.41) is 5.13. The minimum Gasteiger partial charge on any atom is -0.444 e. The number of carbonyl (C=O) groups is 2. The Balaban J connectivity index is 1.14. The molecule has 1 aliphatic carbocycles. The first kappa shape index (κ1) is 26.7. The lowest BCUT2D eigenvalue weighted by molar-refractivity contribution is 0.0119. The summed E-state index contributed by atoms with van der Waals surface area (Å²) in [7, 11) is 0. The highest BCUT2D eigenvalue weighted by molar-refractivity contribution is 6.01. The summed E-state index contributed by atoms with van der Waals surface area (Å²) in [6.45, 7) is 9.31. The molecule has 8 nitrogen and oxygen atoms in total. The van der Waals surface area contributed by atoms with E-state index in [1.54, 1.807) is 0 Å². The zero-order chi connectivity index (χ0) is 27.9. The number of piperidine rings is 2. The molecule has 0 saturated carbocycles. The third-order valence-electron chi connectivity index (χ3n) is 8.53. The molecule has 3 aromatic rings. The number of hydrogen-bond donors (Lipinski definition) is 0. The van der Waals surface area contributed by atoms with Crippen LogP contribution in [0, 0.1) is 0 Å². The Labute approximate surface area is 236 Å². The predicted molar refractivity (Wildman–Crippen MR) is 154 cm³/mol. The van der Waals surface area contributed by atoms with Crippen molar-refractivity contribution in [2.24, 2.45) is 0 Å². The van der Waals surface area contributed by atoms with Gasteiger partial charge in [0.2, 0.25) is 0 Å². The molecule has 0 radical (unpaired) electrons. The molecule has 2 aromatic heterocycles. The van der Waals surface area contributed by atoms with Crippen LogP contribution < -0.4 is 0 Å². The van der Waals surface area contributed by atoms with Gasteiger partial charge in [-0.3, -0.25) is 14.5 Å². The normalized spacial score (nSPS) is 19.2. The number of aromatic nitrogens is 3. The van der Waals surface area contributed by atoms with Crippen LogP contribution in [0.25, 0.3) is 22.4 Å². The topological polar surface area (TPSA) is 80.6 Å². The molecule has 4 heterocycles. The Hall–Kier alpha value is -3.52. The molecule has 6 rings (SSSR count). The summed E-state index contributed by atoms with van der Waals surface area (Å²) in [6.07, 6.45) is 11.1. The molecule has 2 saturated heterocycles. The first-order chi connectivity index (χ1) is 19.2. The lowest BCUT2D eigenvalue weighted by atomic mass is 9.97. The number of fused-ring (bicyclic) bond motifs is 1. The lowest BCUT2D eigenvalue weighted by Crippen LogP contribution is -2.49. The van der Waals surface area contributed by atoms with Gasteiger partial charge >= 0.3 is 6.09 Å². The Morgan fingerprint density at radius 3 is 2.27 bits per heavy atom. The van der Waals surface area contributed by atoms with E-state index in [4.69, 9.17) is 9.84 Å². The van der Waals surface area contributed by atoms with Crippen LogP contribution in [0.15, 0.2) is 48.9 Å². The number of ketones is 1. The molecule has 0 spiro atoms. The van der Waals surface area contributed by atoms with Crippen molar-refractivity contribution < 1.29 is 14.3 Å². The fourth-order valence-corrected chi connectivity index (χ4v) is 6.39. The molecule has 0 unspecified atom stereocenters. The fraction of sp³-hybridized carbons (Fsp3) is 0.500. The Morgan fingerprint density at radius 1 is 0.875 bits per heavy atom. The third kappa shape index (κ3) is 5.55. The van der Waals surface area contributed by atoms with Crippen LogP contribution in [-0.2, 0) is 11.2 Å². The SMILES string of the molecule is CC(C)(C)OC(=O)N1CCC(N2CCC(n3cc(-c4ccc5c(c4)CCC5=O)c(-c4ccncc4)n3)CC2)CC1. The highest BCUT2D eigenvalue weighted by Crippen LogP contribution is 2.36. The lowest BCUT2D eigenvalue weighted by Gasteiger charge is -2.41. The second-order valence-corrected chi connectivity index (χ2v) is 12.4.